The highest BCUT2D eigenvalue weighted by Gasteiger charge is 2.08. The average Bonchev–Trinajstić information content (AvgIpc) is 2.91. The third-order valence-electron chi connectivity index (χ3n) is 2.71. The standard InChI is InChI=1S/C14H17NO2S/c1-16-13-5-3-4-12(14(13)17-2)9-15-8-11-6-7-18-10-11/h3-7,10,15H,8-9H2,1-2H3. The Morgan fingerprint density at radius 2 is 2.00 bits per heavy atom. The predicted octanol–water partition coefficient (Wildman–Crippen LogP) is 3.06. The van der Waals surface area contributed by atoms with Gasteiger partial charge in [0, 0.05) is 18.7 Å². The number of rotatable bonds is 6. The molecule has 0 unspecified atom stereocenters. The van der Waals surface area contributed by atoms with Crippen LogP contribution in [0.5, 0.6) is 11.5 Å². The highest BCUT2D eigenvalue weighted by molar-refractivity contribution is 7.07. The molecule has 0 bridgehead atoms. The summed E-state index contributed by atoms with van der Waals surface area (Å²) in [6.07, 6.45) is 0. The zero-order valence-corrected chi connectivity index (χ0v) is 11.4. The van der Waals surface area contributed by atoms with E-state index in [1.807, 2.05) is 18.2 Å². The fourth-order valence-electron chi connectivity index (χ4n) is 1.83. The van der Waals surface area contributed by atoms with Crippen LogP contribution < -0.4 is 14.8 Å². The van der Waals surface area contributed by atoms with Gasteiger partial charge in [0.25, 0.3) is 0 Å². The highest BCUT2D eigenvalue weighted by atomic mass is 32.1. The lowest BCUT2D eigenvalue weighted by Crippen LogP contribution is -2.13. The summed E-state index contributed by atoms with van der Waals surface area (Å²) in [6.45, 7) is 1.63. The summed E-state index contributed by atoms with van der Waals surface area (Å²) in [6, 6.07) is 8.05. The Bertz CT molecular complexity index is 483. The van der Waals surface area contributed by atoms with Gasteiger partial charge in [-0.3, -0.25) is 0 Å². The summed E-state index contributed by atoms with van der Waals surface area (Å²) in [5.74, 6) is 1.57. The van der Waals surface area contributed by atoms with Gasteiger partial charge in [0.1, 0.15) is 0 Å². The van der Waals surface area contributed by atoms with E-state index in [-0.39, 0.29) is 0 Å². The number of nitrogens with one attached hydrogen (secondary N) is 1. The number of methoxy groups -OCH3 is 2. The molecule has 1 aromatic carbocycles. The van der Waals surface area contributed by atoms with Gasteiger partial charge in [0.15, 0.2) is 11.5 Å². The van der Waals surface area contributed by atoms with Crippen LogP contribution in [0.1, 0.15) is 11.1 Å². The predicted molar refractivity (Wildman–Crippen MR) is 74.4 cm³/mol. The molecule has 0 spiro atoms. The van der Waals surface area contributed by atoms with E-state index in [0.29, 0.717) is 0 Å². The summed E-state index contributed by atoms with van der Waals surface area (Å²) >= 11 is 1.71. The summed E-state index contributed by atoms with van der Waals surface area (Å²) < 4.78 is 10.7. The van der Waals surface area contributed by atoms with E-state index in [4.69, 9.17) is 9.47 Å². The van der Waals surface area contributed by atoms with E-state index in [1.54, 1.807) is 25.6 Å². The molecule has 0 aliphatic carbocycles. The molecule has 0 saturated carbocycles. The van der Waals surface area contributed by atoms with Crippen LogP contribution in [0.3, 0.4) is 0 Å². The number of hydrogen-bond acceptors (Lipinski definition) is 4. The van der Waals surface area contributed by atoms with Gasteiger partial charge in [-0.25, -0.2) is 0 Å². The largest absolute Gasteiger partial charge is 0.493 e. The first-order valence-electron chi connectivity index (χ1n) is 5.77. The summed E-state index contributed by atoms with van der Waals surface area (Å²) in [4.78, 5) is 0. The van der Waals surface area contributed by atoms with Gasteiger partial charge in [-0.15, -0.1) is 0 Å². The SMILES string of the molecule is COc1cccc(CNCc2ccsc2)c1OC. The van der Waals surface area contributed by atoms with Crippen molar-refractivity contribution in [3.63, 3.8) is 0 Å². The van der Waals surface area contributed by atoms with Crippen molar-refractivity contribution in [2.24, 2.45) is 0 Å². The molecule has 3 nitrogen and oxygen atoms in total. The first-order valence-corrected chi connectivity index (χ1v) is 6.71. The van der Waals surface area contributed by atoms with Crippen LogP contribution in [0.15, 0.2) is 35.0 Å². The van der Waals surface area contributed by atoms with Gasteiger partial charge in [-0.05, 0) is 28.5 Å². The minimum absolute atomic E-state index is 0.760. The van der Waals surface area contributed by atoms with Gasteiger partial charge in [0.2, 0.25) is 0 Å². The first kappa shape index (κ1) is 12.9. The van der Waals surface area contributed by atoms with Crippen molar-refractivity contribution < 1.29 is 9.47 Å². The number of thiophene rings is 1. The van der Waals surface area contributed by atoms with Crippen LogP contribution in [0.4, 0.5) is 0 Å². The number of para-hydroxylation sites is 1. The zero-order chi connectivity index (χ0) is 12.8. The highest BCUT2D eigenvalue weighted by Crippen LogP contribution is 2.30. The normalized spacial score (nSPS) is 10.3. The molecule has 0 saturated heterocycles. The minimum Gasteiger partial charge on any atom is -0.493 e. The zero-order valence-electron chi connectivity index (χ0n) is 10.6. The van der Waals surface area contributed by atoms with Crippen LogP contribution in [0.2, 0.25) is 0 Å². The van der Waals surface area contributed by atoms with Gasteiger partial charge < -0.3 is 14.8 Å². The molecule has 0 atom stereocenters. The first-order chi connectivity index (χ1) is 8.85. The molecule has 0 radical (unpaired) electrons. The van der Waals surface area contributed by atoms with Crippen molar-refractivity contribution in [2.75, 3.05) is 14.2 Å². The third kappa shape index (κ3) is 3.03. The molecule has 2 rings (SSSR count). The van der Waals surface area contributed by atoms with Crippen molar-refractivity contribution in [1.29, 1.82) is 0 Å². The lowest BCUT2D eigenvalue weighted by atomic mass is 10.2. The van der Waals surface area contributed by atoms with Crippen molar-refractivity contribution in [3.05, 3.63) is 46.2 Å². The summed E-state index contributed by atoms with van der Waals surface area (Å²) in [7, 11) is 3.32. The van der Waals surface area contributed by atoms with Crippen molar-refractivity contribution in [1.82, 2.24) is 5.32 Å². The topological polar surface area (TPSA) is 30.5 Å². The fraction of sp³-hybridized carbons (Fsp3) is 0.286. The second kappa shape index (κ2) is 6.42. The second-order valence-electron chi connectivity index (χ2n) is 3.89. The van der Waals surface area contributed by atoms with E-state index in [2.05, 4.69) is 22.1 Å². The van der Waals surface area contributed by atoms with Crippen molar-refractivity contribution in [3.8, 4) is 11.5 Å². The van der Waals surface area contributed by atoms with Crippen LogP contribution in [0.25, 0.3) is 0 Å². The summed E-state index contributed by atoms with van der Waals surface area (Å²) in [5.41, 5.74) is 2.41. The Morgan fingerprint density at radius 1 is 1.11 bits per heavy atom. The molecule has 1 aromatic heterocycles. The molecular weight excluding hydrogens is 246 g/mol. The van der Waals surface area contributed by atoms with Crippen molar-refractivity contribution >= 4 is 11.3 Å². The maximum absolute atomic E-state index is 5.39. The molecule has 0 aliphatic heterocycles. The van der Waals surface area contributed by atoms with E-state index >= 15 is 0 Å². The van der Waals surface area contributed by atoms with Crippen molar-refractivity contribution in [2.45, 2.75) is 13.1 Å². The van der Waals surface area contributed by atoms with Gasteiger partial charge in [-0.2, -0.15) is 11.3 Å². The van der Waals surface area contributed by atoms with E-state index < -0.39 is 0 Å². The Morgan fingerprint density at radius 3 is 2.67 bits per heavy atom. The Labute approximate surface area is 111 Å². The van der Waals surface area contributed by atoms with E-state index in [0.717, 1.165) is 30.2 Å². The molecule has 2 aromatic rings. The molecule has 1 heterocycles. The molecule has 1 N–H and O–H groups in total. The lowest BCUT2D eigenvalue weighted by Gasteiger charge is -2.12. The Hall–Kier alpha value is -1.52. The third-order valence-corrected chi connectivity index (χ3v) is 3.44. The van der Waals surface area contributed by atoms with Gasteiger partial charge in [-0.1, -0.05) is 12.1 Å². The maximum Gasteiger partial charge on any atom is 0.165 e. The Kier molecular flexibility index (Phi) is 4.61. The lowest BCUT2D eigenvalue weighted by molar-refractivity contribution is 0.350. The molecule has 18 heavy (non-hydrogen) atoms. The molecule has 0 fully saturated rings. The van der Waals surface area contributed by atoms with Crippen LogP contribution in [0, 0.1) is 0 Å². The maximum atomic E-state index is 5.39. The van der Waals surface area contributed by atoms with Crippen LogP contribution in [-0.2, 0) is 13.1 Å². The number of hydrogen-bond donors (Lipinski definition) is 1. The van der Waals surface area contributed by atoms with E-state index in [9.17, 15) is 0 Å². The van der Waals surface area contributed by atoms with Crippen LogP contribution >= 0.6 is 11.3 Å². The average molecular weight is 263 g/mol. The smallest absolute Gasteiger partial charge is 0.165 e. The van der Waals surface area contributed by atoms with Gasteiger partial charge >= 0.3 is 0 Å². The summed E-state index contributed by atoms with van der Waals surface area (Å²) in [5, 5.41) is 7.64. The van der Waals surface area contributed by atoms with Gasteiger partial charge in [0.05, 0.1) is 14.2 Å². The van der Waals surface area contributed by atoms with E-state index in [1.165, 1.54) is 5.56 Å². The minimum atomic E-state index is 0.760. The van der Waals surface area contributed by atoms with Crippen LogP contribution in [-0.4, -0.2) is 14.2 Å². The molecule has 0 aliphatic rings. The Balaban J connectivity index is 2.00. The second-order valence-corrected chi connectivity index (χ2v) is 4.67. The molecule has 4 heteroatoms. The molecule has 0 amide bonds. The number of benzene rings is 1. The molecular formula is C14H17NO2S. The fourth-order valence-corrected chi connectivity index (χ4v) is 2.50. The quantitative estimate of drug-likeness (QED) is 0.869. The molecule has 96 valence electrons. The number of ether oxygens (including phenoxy) is 2. The monoisotopic (exact) mass is 263 g/mol.